The first-order chi connectivity index (χ1) is 12.5. The third-order valence-corrected chi connectivity index (χ3v) is 7.46. The van der Waals surface area contributed by atoms with Gasteiger partial charge in [0.25, 0.3) is 0 Å². The van der Waals surface area contributed by atoms with Gasteiger partial charge in [0.1, 0.15) is 5.82 Å². The quantitative estimate of drug-likeness (QED) is 0.725. The molecule has 2 fully saturated rings. The highest BCUT2D eigenvalue weighted by molar-refractivity contribution is 7.89. The van der Waals surface area contributed by atoms with Gasteiger partial charge < -0.3 is 4.57 Å². The lowest BCUT2D eigenvalue weighted by Gasteiger charge is -2.33. The first-order valence-corrected chi connectivity index (χ1v) is 10.7. The molecule has 0 spiro atoms. The van der Waals surface area contributed by atoms with Gasteiger partial charge in [0.15, 0.2) is 4.77 Å². The van der Waals surface area contributed by atoms with Gasteiger partial charge in [-0.05, 0) is 37.2 Å². The molecular formula is C17H23N5O2S2. The zero-order valence-corrected chi connectivity index (χ0v) is 16.4. The predicted molar refractivity (Wildman–Crippen MR) is 101 cm³/mol. The van der Waals surface area contributed by atoms with E-state index in [4.69, 9.17) is 12.2 Å². The van der Waals surface area contributed by atoms with Crippen LogP contribution in [0.2, 0.25) is 0 Å². The van der Waals surface area contributed by atoms with E-state index in [-0.39, 0.29) is 0 Å². The van der Waals surface area contributed by atoms with Crippen LogP contribution < -0.4 is 0 Å². The van der Waals surface area contributed by atoms with Gasteiger partial charge in [0.05, 0.1) is 11.6 Å². The lowest BCUT2D eigenvalue weighted by molar-refractivity contribution is 0.144. The average Bonchev–Trinajstić information content (AvgIpc) is 3.46. The minimum absolute atomic E-state index is 0.356. The van der Waals surface area contributed by atoms with Gasteiger partial charge in [-0.25, -0.2) is 13.1 Å². The molecule has 140 valence electrons. The van der Waals surface area contributed by atoms with E-state index in [1.165, 1.54) is 12.8 Å². The molecule has 0 amide bonds. The van der Waals surface area contributed by atoms with Crippen molar-refractivity contribution in [2.24, 2.45) is 7.05 Å². The number of hydrogen-bond acceptors (Lipinski definition) is 5. The van der Waals surface area contributed by atoms with E-state index in [1.54, 1.807) is 28.6 Å². The Balaban J connectivity index is 1.41. The zero-order valence-electron chi connectivity index (χ0n) is 14.8. The molecule has 26 heavy (non-hydrogen) atoms. The molecule has 2 aromatic rings. The molecule has 0 atom stereocenters. The van der Waals surface area contributed by atoms with Gasteiger partial charge in [-0.3, -0.25) is 4.90 Å². The summed E-state index contributed by atoms with van der Waals surface area (Å²) < 4.78 is 31.6. The molecule has 2 aliphatic rings. The first kappa shape index (κ1) is 17.8. The summed E-state index contributed by atoms with van der Waals surface area (Å²) in [6, 6.07) is 8.62. The summed E-state index contributed by atoms with van der Waals surface area (Å²) in [5.74, 6) is 1.62. The van der Waals surface area contributed by atoms with Crippen molar-refractivity contribution in [1.82, 2.24) is 23.6 Å². The molecule has 2 heterocycles. The Morgan fingerprint density at radius 3 is 2.38 bits per heavy atom. The Labute approximate surface area is 158 Å². The second-order valence-electron chi connectivity index (χ2n) is 6.95. The molecule has 0 N–H and O–H groups in total. The van der Waals surface area contributed by atoms with Crippen LogP contribution >= 0.6 is 12.2 Å². The average molecular weight is 394 g/mol. The van der Waals surface area contributed by atoms with Crippen LogP contribution in [0.1, 0.15) is 24.6 Å². The van der Waals surface area contributed by atoms with E-state index in [1.807, 2.05) is 22.4 Å². The summed E-state index contributed by atoms with van der Waals surface area (Å²) in [6.45, 7) is 2.91. The number of piperazine rings is 1. The molecule has 1 saturated heterocycles. The summed E-state index contributed by atoms with van der Waals surface area (Å²) in [5.41, 5.74) is 0. The van der Waals surface area contributed by atoms with Crippen LogP contribution in [0.25, 0.3) is 0 Å². The van der Waals surface area contributed by atoms with Gasteiger partial charge in [0, 0.05) is 39.1 Å². The van der Waals surface area contributed by atoms with Gasteiger partial charge >= 0.3 is 0 Å². The van der Waals surface area contributed by atoms with Crippen molar-refractivity contribution < 1.29 is 8.42 Å². The minimum Gasteiger partial charge on any atom is -0.307 e. The second-order valence-corrected chi connectivity index (χ2v) is 9.25. The SMILES string of the molecule is Cn1c(C2CC2)nn(CN2CCN(S(=O)(=O)c3ccccc3)CC2)c1=S. The Morgan fingerprint density at radius 1 is 1.12 bits per heavy atom. The smallest absolute Gasteiger partial charge is 0.243 e. The van der Waals surface area contributed by atoms with E-state index in [0.29, 0.717) is 43.7 Å². The predicted octanol–water partition coefficient (Wildman–Crippen LogP) is 1.79. The van der Waals surface area contributed by atoms with Crippen LogP contribution in [0.5, 0.6) is 0 Å². The number of aromatic nitrogens is 3. The second kappa shape index (κ2) is 6.88. The summed E-state index contributed by atoms with van der Waals surface area (Å²) in [5, 5.41) is 4.68. The van der Waals surface area contributed by atoms with E-state index >= 15 is 0 Å². The Morgan fingerprint density at radius 2 is 1.77 bits per heavy atom. The highest BCUT2D eigenvalue weighted by atomic mass is 32.2. The summed E-state index contributed by atoms with van der Waals surface area (Å²) in [7, 11) is -1.44. The van der Waals surface area contributed by atoms with E-state index in [0.717, 1.165) is 10.6 Å². The molecule has 1 aliphatic heterocycles. The highest BCUT2D eigenvalue weighted by Gasteiger charge is 2.31. The van der Waals surface area contributed by atoms with Crippen molar-refractivity contribution in [1.29, 1.82) is 0 Å². The molecule has 0 bridgehead atoms. The van der Waals surface area contributed by atoms with E-state index in [9.17, 15) is 8.42 Å². The molecule has 0 unspecified atom stereocenters. The summed E-state index contributed by atoms with van der Waals surface area (Å²) in [4.78, 5) is 2.56. The largest absolute Gasteiger partial charge is 0.307 e. The van der Waals surface area contributed by atoms with Gasteiger partial charge in [-0.2, -0.15) is 9.40 Å². The number of rotatable bonds is 5. The molecule has 1 saturated carbocycles. The van der Waals surface area contributed by atoms with E-state index < -0.39 is 10.0 Å². The van der Waals surface area contributed by atoms with E-state index in [2.05, 4.69) is 10.00 Å². The summed E-state index contributed by atoms with van der Waals surface area (Å²) in [6.07, 6.45) is 2.38. The fourth-order valence-corrected chi connectivity index (χ4v) is 4.97. The van der Waals surface area contributed by atoms with Crippen LogP contribution in [0, 0.1) is 4.77 Å². The van der Waals surface area contributed by atoms with Crippen LogP contribution in [-0.4, -0.2) is 58.1 Å². The molecular weight excluding hydrogens is 370 g/mol. The number of sulfonamides is 1. The van der Waals surface area contributed by atoms with Crippen LogP contribution in [0.3, 0.4) is 0 Å². The molecule has 7 nitrogen and oxygen atoms in total. The van der Waals surface area contributed by atoms with Crippen molar-refractivity contribution in [2.45, 2.75) is 30.3 Å². The summed E-state index contributed by atoms with van der Waals surface area (Å²) >= 11 is 5.51. The van der Waals surface area contributed by atoms with Crippen LogP contribution in [0.4, 0.5) is 0 Å². The Kier molecular flexibility index (Phi) is 4.72. The third kappa shape index (κ3) is 3.36. The van der Waals surface area contributed by atoms with Crippen LogP contribution in [0.15, 0.2) is 35.2 Å². The third-order valence-electron chi connectivity index (χ3n) is 5.06. The van der Waals surface area contributed by atoms with Crippen molar-refractivity contribution in [3.8, 4) is 0 Å². The Bertz CT molecular complexity index is 939. The van der Waals surface area contributed by atoms with Crippen molar-refractivity contribution in [2.75, 3.05) is 26.2 Å². The first-order valence-electron chi connectivity index (χ1n) is 8.88. The fourth-order valence-electron chi connectivity index (χ4n) is 3.34. The molecule has 4 rings (SSSR count). The number of nitrogens with zero attached hydrogens (tertiary/aromatic N) is 5. The normalized spacial score (nSPS) is 19.7. The van der Waals surface area contributed by atoms with Crippen molar-refractivity contribution in [3.05, 3.63) is 40.9 Å². The van der Waals surface area contributed by atoms with Gasteiger partial charge in [0.2, 0.25) is 10.0 Å². The minimum atomic E-state index is -3.41. The maximum atomic E-state index is 12.7. The topological polar surface area (TPSA) is 63.4 Å². The molecule has 1 aromatic heterocycles. The van der Waals surface area contributed by atoms with Crippen molar-refractivity contribution >= 4 is 22.2 Å². The maximum Gasteiger partial charge on any atom is 0.243 e. The van der Waals surface area contributed by atoms with Gasteiger partial charge in [-0.1, -0.05) is 18.2 Å². The number of hydrogen-bond donors (Lipinski definition) is 0. The number of benzene rings is 1. The van der Waals surface area contributed by atoms with Crippen LogP contribution in [-0.2, 0) is 23.7 Å². The highest BCUT2D eigenvalue weighted by Crippen LogP contribution is 2.38. The maximum absolute atomic E-state index is 12.7. The fraction of sp³-hybridized carbons (Fsp3) is 0.529. The van der Waals surface area contributed by atoms with Gasteiger partial charge in [-0.15, -0.1) is 0 Å². The molecule has 9 heteroatoms. The lowest BCUT2D eigenvalue weighted by Crippen LogP contribution is -2.48. The lowest BCUT2D eigenvalue weighted by atomic mass is 10.4. The molecule has 0 radical (unpaired) electrons. The zero-order chi connectivity index (χ0) is 18.3. The van der Waals surface area contributed by atoms with Crippen molar-refractivity contribution in [3.63, 3.8) is 0 Å². The Hall–Kier alpha value is -1.55. The molecule has 1 aliphatic carbocycles. The monoisotopic (exact) mass is 393 g/mol. The molecule has 1 aromatic carbocycles. The standard InChI is InChI=1S/C17H23N5O2S2/c1-19-16(14-7-8-14)18-22(17(19)25)13-20-9-11-21(12-10-20)26(23,24)15-5-3-2-4-6-15/h2-6,14H,7-13H2,1H3.